The van der Waals surface area contributed by atoms with Crippen LogP contribution in [0.15, 0.2) is 0 Å². The molecule has 0 N–H and O–H groups in total. The fourth-order valence-electron chi connectivity index (χ4n) is 6.98. The number of Topliss-reactive ketones (excluding diaryl/α,β-unsaturated/α-hetero) is 1. The number of hydrogen-bond acceptors (Lipinski definition) is 1. The molecule has 4 saturated carbocycles. The molecule has 2 heteroatoms. The molecule has 4 aliphatic carbocycles. The Balaban J connectivity index is 1.64. The van der Waals surface area contributed by atoms with Crippen LogP contribution in [0.1, 0.15) is 71.6 Å². The molecule has 0 amide bonds. The maximum absolute atomic E-state index is 12.4. The molecule has 4 fully saturated rings. The maximum Gasteiger partial charge on any atom is 0.139 e. The van der Waals surface area contributed by atoms with Crippen molar-refractivity contribution >= 4 is 17.4 Å². The first kappa shape index (κ1) is 14.5. The molecule has 0 aromatic carbocycles. The molecule has 0 unspecified atom stereocenters. The number of carbonyl (C=O) groups excluding carboxylic acids is 1. The summed E-state index contributed by atoms with van der Waals surface area (Å²) in [6.45, 7) is 4.85. The van der Waals surface area contributed by atoms with Gasteiger partial charge in [-0.15, -0.1) is 11.6 Å². The molecule has 0 spiro atoms. The smallest absolute Gasteiger partial charge is 0.139 e. The van der Waals surface area contributed by atoms with Crippen LogP contribution in [0.4, 0.5) is 0 Å². The summed E-state index contributed by atoms with van der Waals surface area (Å²) in [7, 11) is 0. The monoisotopic (exact) mass is 308 g/mol. The van der Waals surface area contributed by atoms with Gasteiger partial charge in [0.2, 0.25) is 0 Å². The lowest BCUT2D eigenvalue weighted by molar-refractivity contribution is -0.138. The highest BCUT2D eigenvalue weighted by molar-refractivity contribution is 6.20. The summed E-state index contributed by atoms with van der Waals surface area (Å²) >= 11 is 6.46. The van der Waals surface area contributed by atoms with Crippen LogP contribution in [0.2, 0.25) is 0 Å². The fraction of sp³-hybridized carbons (Fsp3) is 0.947. The van der Waals surface area contributed by atoms with Crippen LogP contribution in [0.3, 0.4) is 0 Å². The summed E-state index contributed by atoms with van der Waals surface area (Å²) in [6.07, 6.45) is 11.0. The van der Waals surface area contributed by atoms with Gasteiger partial charge in [0.05, 0.1) is 0 Å². The Morgan fingerprint density at radius 1 is 1.00 bits per heavy atom. The van der Waals surface area contributed by atoms with Crippen molar-refractivity contribution in [3.8, 4) is 0 Å². The zero-order chi connectivity index (χ0) is 14.8. The van der Waals surface area contributed by atoms with Crippen LogP contribution in [0.25, 0.3) is 0 Å². The summed E-state index contributed by atoms with van der Waals surface area (Å²) in [5.74, 6) is 3.79. The molecular formula is C19H29ClO. The fourth-order valence-corrected chi connectivity index (χ4v) is 7.30. The molecule has 0 heterocycles. The van der Waals surface area contributed by atoms with Crippen molar-refractivity contribution in [1.29, 1.82) is 0 Å². The summed E-state index contributed by atoms with van der Waals surface area (Å²) in [5, 5.41) is 0.418. The molecule has 7 atom stereocenters. The molecule has 4 aliphatic rings. The summed E-state index contributed by atoms with van der Waals surface area (Å²) in [4.78, 5) is 12.4. The SMILES string of the molecule is C[C@]12CC[C@@H](Cl)C[C@@H]1CC[C@@H]1[C@H]2CC[C@]2(C)C(=O)CC[C@H]12. The van der Waals surface area contributed by atoms with Crippen LogP contribution >= 0.6 is 11.6 Å². The van der Waals surface area contributed by atoms with Crippen LogP contribution in [-0.2, 0) is 4.79 Å². The Hall–Kier alpha value is -0.0400. The molecule has 0 aromatic heterocycles. The average Bonchev–Trinajstić information content (AvgIpc) is 2.76. The van der Waals surface area contributed by atoms with Crippen molar-refractivity contribution in [1.82, 2.24) is 0 Å². The van der Waals surface area contributed by atoms with E-state index >= 15 is 0 Å². The maximum atomic E-state index is 12.4. The number of hydrogen-bond donors (Lipinski definition) is 0. The number of ketones is 1. The Bertz CT molecular complexity index is 460. The van der Waals surface area contributed by atoms with E-state index in [-0.39, 0.29) is 5.41 Å². The molecule has 0 aliphatic heterocycles. The first-order valence-corrected chi connectivity index (χ1v) is 9.56. The second-order valence-electron chi connectivity index (χ2n) is 8.95. The topological polar surface area (TPSA) is 17.1 Å². The molecular weight excluding hydrogens is 280 g/mol. The van der Waals surface area contributed by atoms with Gasteiger partial charge in [-0.25, -0.2) is 0 Å². The van der Waals surface area contributed by atoms with E-state index in [0.717, 1.165) is 30.6 Å². The lowest BCUT2D eigenvalue weighted by Crippen LogP contribution is -2.53. The van der Waals surface area contributed by atoms with E-state index < -0.39 is 0 Å². The Morgan fingerprint density at radius 3 is 2.62 bits per heavy atom. The first-order chi connectivity index (χ1) is 9.95. The van der Waals surface area contributed by atoms with E-state index in [1.54, 1.807) is 0 Å². The number of fused-ring (bicyclic) bond motifs is 5. The first-order valence-electron chi connectivity index (χ1n) is 9.12. The minimum absolute atomic E-state index is 0.0358. The summed E-state index contributed by atoms with van der Waals surface area (Å²) in [5.41, 5.74) is 0.551. The summed E-state index contributed by atoms with van der Waals surface area (Å²) < 4.78 is 0. The highest BCUT2D eigenvalue weighted by Gasteiger charge is 2.60. The van der Waals surface area contributed by atoms with Gasteiger partial charge < -0.3 is 0 Å². The Kier molecular flexibility index (Phi) is 3.27. The van der Waals surface area contributed by atoms with Crippen molar-refractivity contribution in [2.24, 2.45) is 34.5 Å². The van der Waals surface area contributed by atoms with Crippen molar-refractivity contribution < 1.29 is 4.79 Å². The highest BCUT2D eigenvalue weighted by atomic mass is 35.5. The van der Waals surface area contributed by atoms with Gasteiger partial charge in [-0.05, 0) is 80.5 Å². The third-order valence-corrected chi connectivity index (χ3v) is 8.71. The van der Waals surface area contributed by atoms with Crippen molar-refractivity contribution in [2.75, 3.05) is 0 Å². The Labute approximate surface area is 134 Å². The molecule has 0 aromatic rings. The predicted molar refractivity (Wildman–Crippen MR) is 86.4 cm³/mol. The highest BCUT2D eigenvalue weighted by Crippen LogP contribution is 2.65. The van der Waals surface area contributed by atoms with Crippen molar-refractivity contribution in [3.63, 3.8) is 0 Å². The van der Waals surface area contributed by atoms with E-state index in [0.29, 0.717) is 22.5 Å². The molecule has 0 bridgehead atoms. The van der Waals surface area contributed by atoms with Gasteiger partial charge in [-0.2, -0.15) is 0 Å². The lowest BCUT2D eigenvalue weighted by Gasteiger charge is -2.60. The molecule has 0 radical (unpaired) electrons. The van der Waals surface area contributed by atoms with Gasteiger partial charge in [0.15, 0.2) is 0 Å². The van der Waals surface area contributed by atoms with Gasteiger partial charge in [-0.3, -0.25) is 4.79 Å². The minimum Gasteiger partial charge on any atom is -0.299 e. The molecule has 4 rings (SSSR count). The van der Waals surface area contributed by atoms with Gasteiger partial charge >= 0.3 is 0 Å². The van der Waals surface area contributed by atoms with Crippen LogP contribution < -0.4 is 0 Å². The van der Waals surface area contributed by atoms with Crippen molar-refractivity contribution in [2.45, 2.75) is 77.0 Å². The van der Waals surface area contributed by atoms with Crippen LogP contribution in [0.5, 0.6) is 0 Å². The lowest BCUT2D eigenvalue weighted by atomic mass is 9.45. The van der Waals surface area contributed by atoms with Gasteiger partial charge in [0, 0.05) is 17.2 Å². The molecule has 1 nitrogen and oxygen atoms in total. The Morgan fingerprint density at radius 2 is 1.81 bits per heavy atom. The second kappa shape index (κ2) is 4.73. The average molecular weight is 309 g/mol. The number of carbonyl (C=O) groups is 1. The van der Waals surface area contributed by atoms with E-state index in [4.69, 9.17) is 11.6 Å². The quantitative estimate of drug-likeness (QED) is 0.562. The van der Waals surface area contributed by atoms with E-state index in [2.05, 4.69) is 13.8 Å². The normalized spacial score (nSPS) is 56.5. The van der Waals surface area contributed by atoms with E-state index in [9.17, 15) is 4.79 Å². The van der Waals surface area contributed by atoms with E-state index in [1.165, 1.54) is 44.9 Å². The predicted octanol–water partition coefficient (Wildman–Crippen LogP) is 5.21. The van der Waals surface area contributed by atoms with Crippen LogP contribution in [0, 0.1) is 34.5 Å². The zero-order valence-electron chi connectivity index (χ0n) is 13.5. The standard InChI is InChI=1S/C19H29ClO/c1-18-9-7-13(20)11-12(18)3-4-14-15-5-6-17(21)19(15,2)10-8-16(14)18/h12-16H,3-11H2,1-2H3/t12-,13+,14-,15+,16+,18-,19-/m0/s1. The molecule has 118 valence electrons. The van der Waals surface area contributed by atoms with E-state index in [1.807, 2.05) is 0 Å². The van der Waals surface area contributed by atoms with Crippen molar-refractivity contribution in [3.05, 3.63) is 0 Å². The minimum atomic E-state index is 0.0358. The number of rotatable bonds is 0. The van der Waals surface area contributed by atoms with Gasteiger partial charge in [-0.1, -0.05) is 13.8 Å². The molecule has 21 heavy (non-hydrogen) atoms. The van der Waals surface area contributed by atoms with Gasteiger partial charge in [0.25, 0.3) is 0 Å². The number of halogens is 1. The third-order valence-electron chi connectivity index (χ3n) is 8.31. The summed E-state index contributed by atoms with van der Waals surface area (Å²) in [6, 6.07) is 0. The zero-order valence-corrected chi connectivity index (χ0v) is 14.3. The number of alkyl halides is 1. The van der Waals surface area contributed by atoms with Gasteiger partial charge in [0.1, 0.15) is 5.78 Å². The van der Waals surface area contributed by atoms with Crippen LogP contribution in [-0.4, -0.2) is 11.2 Å². The third kappa shape index (κ3) is 1.92. The second-order valence-corrected chi connectivity index (χ2v) is 9.56. The largest absolute Gasteiger partial charge is 0.299 e. The molecule has 0 saturated heterocycles.